The van der Waals surface area contributed by atoms with Crippen molar-refractivity contribution in [1.29, 1.82) is 0 Å². The highest BCUT2D eigenvalue weighted by atomic mass is 19.1. The van der Waals surface area contributed by atoms with E-state index >= 15 is 0 Å². The third kappa shape index (κ3) is 4.30. The summed E-state index contributed by atoms with van der Waals surface area (Å²) in [4.78, 5) is 12.1. The van der Waals surface area contributed by atoms with Crippen LogP contribution in [-0.2, 0) is 0 Å². The van der Waals surface area contributed by atoms with E-state index in [4.69, 9.17) is 4.52 Å². The Kier molecular flexibility index (Phi) is 5.20. The van der Waals surface area contributed by atoms with E-state index in [1.54, 1.807) is 12.1 Å². The summed E-state index contributed by atoms with van der Waals surface area (Å²) in [6.07, 6.45) is -0.258. The van der Waals surface area contributed by atoms with Gasteiger partial charge in [0.1, 0.15) is 5.82 Å². The van der Waals surface area contributed by atoms with Gasteiger partial charge in [-0.15, -0.1) is 0 Å². The zero-order valence-corrected chi connectivity index (χ0v) is 13.4. The van der Waals surface area contributed by atoms with Crippen molar-refractivity contribution in [1.82, 2.24) is 10.5 Å². The molecular formula is C19H17FN2O3. The van der Waals surface area contributed by atoms with Crippen LogP contribution in [0, 0.1) is 5.82 Å². The molecule has 1 amide bonds. The maximum atomic E-state index is 12.9. The first-order valence-corrected chi connectivity index (χ1v) is 7.87. The minimum absolute atomic E-state index is 0.133. The van der Waals surface area contributed by atoms with Crippen LogP contribution >= 0.6 is 0 Å². The Morgan fingerprint density at radius 2 is 1.88 bits per heavy atom. The van der Waals surface area contributed by atoms with Crippen molar-refractivity contribution in [3.8, 4) is 11.3 Å². The summed E-state index contributed by atoms with van der Waals surface area (Å²) in [7, 11) is 0. The Balaban J connectivity index is 1.54. The highest BCUT2D eigenvalue weighted by Crippen LogP contribution is 2.20. The lowest BCUT2D eigenvalue weighted by Gasteiger charge is -2.10. The molecule has 5 nitrogen and oxygen atoms in total. The van der Waals surface area contributed by atoms with Crippen molar-refractivity contribution < 1.29 is 18.8 Å². The van der Waals surface area contributed by atoms with E-state index in [-0.39, 0.29) is 11.5 Å². The lowest BCUT2D eigenvalue weighted by atomic mass is 10.1. The molecule has 1 atom stereocenters. The standard InChI is InChI=1S/C19H17FN2O3/c20-15-8-6-14(7-9-15)18-12-16(22-25-18)19(24)21-11-10-17(23)13-4-2-1-3-5-13/h1-9,12,17,23H,10-11H2,(H,21,24). The van der Waals surface area contributed by atoms with Gasteiger partial charge < -0.3 is 14.9 Å². The Labute approximate surface area is 144 Å². The summed E-state index contributed by atoms with van der Waals surface area (Å²) >= 11 is 0. The first-order valence-electron chi connectivity index (χ1n) is 7.87. The van der Waals surface area contributed by atoms with Crippen molar-refractivity contribution in [2.45, 2.75) is 12.5 Å². The molecule has 0 saturated heterocycles. The SMILES string of the molecule is O=C(NCCC(O)c1ccccc1)c1cc(-c2ccc(F)cc2)on1. The molecule has 25 heavy (non-hydrogen) atoms. The third-order valence-corrected chi connectivity index (χ3v) is 3.76. The number of hydrogen-bond acceptors (Lipinski definition) is 4. The predicted molar refractivity (Wildman–Crippen MR) is 90.2 cm³/mol. The smallest absolute Gasteiger partial charge is 0.273 e. The summed E-state index contributed by atoms with van der Waals surface area (Å²) in [6, 6.07) is 16.5. The van der Waals surface area contributed by atoms with Crippen molar-refractivity contribution in [2.24, 2.45) is 0 Å². The summed E-state index contributed by atoms with van der Waals surface area (Å²) in [5.41, 5.74) is 1.57. The van der Waals surface area contributed by atoms with Gasteiger partial charge in [0.15, 0.2) is 11.5 Å². The van der Waals surface area contributed by atoms with Crippen LogP contribution in [-0.4, -0.2) is 22.7 Å². The van der Waals surface area contributed by atoms with Crippen molar-refractivity contribution in [2.75, 3.05) is 6.54 Å². The van der Waals surface area contributed by atoms with E-state index in [0.717, 1.165) is 5.56 Å². The zero-order chi connectivity index (χ0) is 17.6. The highest BCUT2D eigenvalue weighted by molar-refractivity contribution is 5.93. The number of nitrogens with zero attached hydrogens (tertiary/aromatic N) is 1. The van der Waals surface area contributed by atoms with Gasteiger partial charge in [-0.05, 0) is 36.2 Å². The monoisotopic (exact) mass is 340 g/mol. The molecule has 0 aliphatic heterocycles. The Morgan fingerprint density at radius 1 is 1.16 bits per heavy atom. The first kappa shape index (κ1) is 16.9. The number of hydrogen-bond donors (Lipinski definition) is 2. The van der Waals surface area contributed by atoms with Crippen molar-refractivity contribution in [3.05, 3.63) is 77.7 Å². The molecule has 3 rings (SSSR count). The normalized spacial score (nSPS) is 11.9. The van der Waals surface area contributed by atoms with Gasteiger partial charge in [-0.3, -0.25) is 4.79 Å². The van der Waals surface area contributed by atoms with E-state index in [0.29, 0.717) is 24.3 Å². The molecule has 0 bridgehead atoms. The average molecular weight is 340 g/mol. The number of benzene rings is 2. The fourth-order valence-electron chi connectivity index (χ4n) is 2.39. The topological polar surface area (TPSA) is 75.4 Å². The van der Waals surface area contributed by atoms with Crippen molar-refractivity contribution in [3.63, 3.8) is 0 Å². The summed E-state index contributed by atoms with van der Waals surface area (Å²) in [5, 5.41) is 16.5. The second kappa shape index (κ2) is 7.72. The number of aliphatic hydroxyl groups is 1. The fourth-order valence-corrected chi connectivity index (χ4v) is 2.39. The molecular weight excluding hydrogens is 323 g/mol. The molecule has 0 fully saturated rings. The van der Waals surface area contributed by atoms with E-state index in [9.17, 15) is 14.3 Å². The fraction of sp³-hybridized carbons (Fsp3) is 0.158. The molecule has 2 N–H and O–H groups in total. The number of carbonyl (C=O) groups excluding carboxylic acids is 1. The third-order valence-electron chi connectivity index (χ3n) is 3.76. The van der Waals surface area contributed by atoms with E-state index in [1.807, 2.05) is 30.3 Å². The molecule has 0 saturated carbocycles. The molecule has 128 valence electrons. The summed E-state index contributed by atoms with van der Waals surface area (Å²) in [5.74, 6) is -0.356. The van der Waals surface area contributed by atoms with Crippen LogP contribution < -0.4 is 5.32 Å². The second-order valence-electron chi connectivity index (χ2n) is 5.55. The Hall–Kier alpha value is -2.99. The molecule has 1 aromatic heterocycles. The number of nitrogens with one attached hydrogen (secondary N) is 1. The first-order chi connectivity index (χ1) is 12.1. The van der Waals surface area contributed by atoms with Gasteiger partial charge in [0.05, 0.1) is 6.10 Å². The van der Waals surface area contributed by atoms with E-state index in [1.165, 1.54) is 18.2 Å². The van der Waals surface area contributed by atoms with Crippen LogP contribution in [0.4, 0.5) is 4.39 Å². The van der Waals surface area contributed by atoms with Gasteiger partial charge in [0.25, 0.3) is 5.91 Å². The molecule has 0 aliphatic carbocycles. The number of rotatable bonds is 6. The number of amides is 1. The van der Waals surface area contributed by atoms with Crippen LogP contribution in [0.25, 0.3) is 11.3 Å². The van der Waals surface area contributed by atoms with E-state index in [2.05, 4.69) is 10.5 Å². The van der Waals surface area contributed by atoms with Gasteiger partial charge >= 0.3 is 0 Å². The number of aliphatic hydroxyl groups excluding tert-OH is 1. The Morgan fingerprint density at radius 3 is 2.60 bits per heavy atom. The van der Waals surface area contributed by atoms with Gasteiger partial charge in [-0.25, -0.2) is 4.39 Å². The van der Waals surface area contributed by atoms with Crippen LogP contribution in [0.2, 0.25) is 0 Å². The highest BCUT2D eigenvalue weighted by Gasteiger charge is 2.14. The van der Waals surface area contributed by atoms with Gasteiger partial charge in [0, 0.05) is 18.2 Å². The van der Waals surface area contributed by atoms with Gasteiger partial charge in [0.2, 0.25) is 0 Å². The minimum Gasteiger partial charge on any atom is -0.388 e. The van der Waals surface area contributed by atoms with Gasteiger partial charge in [-0.1, -0.05) is 35.5 Å². The lowest BCUT2D eigenvalue weighted by Crippen LogP contribution is -2.25. The molecule has 1 unspecified atom stereocenters. The van der Waals surface area contributed by atoms with E-state index < -0.39 is 12.0 Å². The molecule has 0 aliphatic rings. The van der Waals surface area contributed by atoms with Crippen molar-refractivity contribution >= 4 is 5.91 Å². The number of carbonyl (C=O) groups is 1. The lowest BCUT2D eigenvalue weighted by molar-refractivity contribution is 0.0933. The van der Waals surface area contributed by atoms with Crippen LogP contribution in [0.5, 0.6) is 0 Å². The molecule has 0 spiro atoms. The molecule has 1 heterocycles. The second-order valence-corrected chi connectivity index (χ2v) is 5.55. The number of aromatic nitrogens is 1. The van der Waals surface area contributed by atoms with Gasteiger partial charge in [-0.2, -0.15) is 0 Å². The molecule has 0 radical (unpaired) electrons. The maximum absolute atomic E-state index is 12.9. The van der Waals surface area contributed by atoms with Crippen LogP contribution in [0.15, 0.2) is 65.2 Å². The maximum Gasteiger partial charge on any atom is 0.273 e. The average Bonchev–Trinajstić information content (AvgIpc) is 3.13. The quantitative estimate of drug-likeness (QED) is 0.722. The number of halogens is 1. The van der Waals surface area contributed by atoms with Crippen LogP contribution in [0.1, 0.15) is 28.6 Å². The molecule has 3 aromatic rings. The molecule has 6 heteroatoms. The zero-order valence-electron chi connectivity index (χ0n) is 13.4. The van der Waals surface area contributed by atoms with Crippen LogP contribution in [0.3, 0.4) is 0 Å². The molecule has 2 aromatic carbocycles. The summed E-state index contributed by atoms with van der Waals surface area (Å²) in [6.45, 7) is 0.299. The predicted octanol–water partition coefficient (Wildman–Crippen LogP) is 3.33. The Bertz CT molecular complexity index is 831. The largest absolute Gasteiger partial charge is 0.388 e. The summed E-state index contributed by atoms with van der Waals surface area (Å²) < 4.78 is 18.1. The minimum atomic E-state index is -0.645.